The van der Waals surface area contributed by atoms with E-state index < -0.39 is 10.0 Å². The standard InChI is InChI=1S/C13H20ClN3O2S/c1-16(2)11-4-3-7-17(9-11)20(18,19)13-8-10(15)5-6-12(13)14/h5-6,8,11H,3-4,7,9,15H2,1-2H3. The summed E-state index contributed by atoms with van der Waals surface area (Å²) in [5.74, 6) is 0. The van der Waals surface area contributed by atoms with Crippen LogP contribution in [0.4, 0.5) is 5.69 Å². The van der Waals surface area contributed by atoms with E-state index in [9.17, 15) is 8.42 Å². The highest BCUT2D eigenvalue weighted by molar-refractivity contribution is 7.89. The molecule has 1 fully saturated rings. The molecule has 0 spiro atoms. The first-order valence-electron chi connectivity index (χ1n) is 6.54. The van der Waals surface area contributed by atoms with Crippen molar-refractivity contribution in [2.24, 2.45) is 0 Å². The van der Waals surface area contributed by atoms with Crippen LogP contribution < -0.4 is 5.73 Å². The maximum absolute atomic E-state index is 12.7. The zero-order chi connectivity index (χ0) is 14.9. The van der Waals surface area contributed by atoms with E-state index >= 15 is 0 Å². The molecule has 2 N–H and O–H groups in total. The van der Waals surface area contributed by atoms with Gasteiger partial charge in [0.1, 0.15) is 4.90 Å². The third-order valence-electron chi connectivity index (χ3n) is 3.66. The number of likely N-dealkylation sites (N-methyl/N-ethyl adjacent to an activating group) is 1. The molecule has 5 nitrogen and oxygen atoms in total. The number of piperidine rings is 1. The summed E-state index contributed by atoms with van der Waals surface area (Å²) < 4.78 is 26.9. The normalized spacial score (nSPS) is 21.3. The molecule has 0 aliphatic carbocycles. The lowest BCUT2D eigenvalue weighted by molar-refractivity contribution is 0.190. The van der Waals surface area contributed by atoms with E-state index in [2.05, 4.69) is 4.90 Å². The van der Waals surface area contributed by atoms with Crippen molar-refractivity contribution in [2.75, 3.05) is 32.9 Å². The van der Waals surface area contributed by atoms with Crippen LogP contribution in [-0.2, 0) is 10.0 Å². The maximum Gasteiger partial charge on any atom is 0.244 e. The summed E-state index contributed by atoms with van der Waals surface area (Å²) in [6.45, 7) is 1.01. The van der Waals surface area contributed by atoms with Gasteiger partial charge in [-0.3, -0.25) is 0 Å². The van der Waals surface area contributed by atoms with Crippen molar-refractivity contribution < 1.29 is 8.42 Å². The van der Waals surface area contributed by atoms with E-state index in [1.165, 1.54) is 16.4 Å². The predicted octanol–water partition coefficient (Wildman–Crippen LogP) is 1.64. The fraction of sp³-hybridized carbons (Fsp3) is 0.538. The van der Waals surface area contributed by atoms with Crippen LogP contribution in [0.25, 0.3) is 0 Å². The second-order valence-corrected chi connectivity index (χ2v) is 7.63. The van der Waals surface area contributed by atoms with Gasteiger partial charge in [-0.2, -0.15) is 4.31 Å². The molecular weight excluding hydrogens is 298 g/mol. The van der Waals surface area contributed by atoms with Crippen LogP contribution in [0, 0.1) is 0 Å². The van der Waals surface area contributed by atoms with E-state index in [1.807, 2.05) is 14.1 Å². The van der Waals surface area contributed by atoms with E-state index in [0.717, 1.165) is 12.8 Å². The molecule has 20 heavy (non-hydrogen) atoms. The number of sulfonamides is 1. The molecule has 0 bridgehead atoms. The minimum atomic E-state index is -3.59. The second kappa shape index (κ2) is 5.89. The number of rotatable bonds is 3. The molecular formula is C13H20ClN3O2S. The van der Waals surface area contributed by atoms with Crippen molar-refractivity contribution in [1.82, 2.24) is 9.21 Å². The Morgan fingerprint density at radius 2 is 2.10 bits per heavy atom. The second-order valence-electron chi connectivity index (χ2n) is 5.31. The molecule has 2 rings (SSSR count). The van der Waals surface area contributed by atoms with E-state index in [0.29, 0.717) is 18.8 Å². The Balaban J connectivity index is 2.32. The quantitative estimate of drug-likeness (QED) is 0.861. The molecule has 0 saturated carbocycles. The first kappa shape index (κ1) is 15.6. The van der Waals surface area contributed by atoms with Crippen molar-refractivity contribution >= 4 is 27.3 Å². The van der Waals surface area contributed by atoms with Crippen LogP contribution in [0.2, 0.25) is 5.02 Å². The van der Waals surface area contributed by atoms with Gasteiger partial charge in [-0.1, -0.05) is 11.6 Å². The highest BCUT2D eigenvalue weighted by Crippen LogP contribution is 2.29. The van der Waals surface area contributed by atoms with Crippen molar-refractivity contribution in [3.05, 3.63) is 23.2 Å². The molecule has 1 atom stereocenters. The molecule has 1 aromatic carbocycles. The fourth-order valence-corrected chi connectivity index (χ4v) is 4.44. The van der Waals surface area contributed by atoms with Crippen LogP contribution in [0.3, 0.4) is 0 Å². The number of nitrogen functional groups attached to an aromatic ring is 1. The summed E-state index contributed by atoms with van der Waals surface area (Å²) in [6, 6.07) is 4.78. The van der Waals surface area contributed by atoms with E-state index in [-0.39, 0.29) is 16.0 Å². The Kier molecular flexibility index (Phi) is 4.59. The Morgan fingerprint density at radius 1 is 1.40 bits per heavy atom. The molecule has 7 heteroatoms. The van der Waals surface area contributed by atoms with Crippen LogP contribution in [0.5, 0.6) is 0 Å². The smallest absolute Gasteiger partial charge is 0.244 e. The molecule has 1 heterocycles. The summed E-state index contributed by atoms with van der Waals surface area (Å²) in [4.78, 5) is 2.15. The number of anilines is 1. The highest BCUT2D eigenvalue weighted by Gasteiger charge is 2.32. The van der Waals surface area contributed by atoms with Gasteiger partial charge in [0.15, 0.2) is 0 Å². The zero-order valence-corrected chi connectivity index (χ0v) is 13.3. The Hall–Kier alpha value is -0.820. The third-order valence-corrected chi connectivity index (χ3v) is 6.01. The lowest BCUT2D eigenvalue weighted by Crippen LogP contribution is -2.47. The van der Waals surface area contributed by atoms with Crippen molar-refractivity contribution in [3.8, 4) is 0 Å². The molecule has 1 aliphatic heterocycles. The van der Waals surface area contributed by atoms with Gasteiger partial charge >= 0.3 is 0 Å². The van der Waals surface area contributed by atoms with Gasteiger partial charge in [0.25, 0.3) is 0 Å². The van der Waals surface area contributed by atoms with Gasteiger partial charge in [0.05, 0.1) is 5.02 Å². The third kappa shape index (κ3) is 3.09. The van der Waals surface area contributed by atoms with Gasteiger partial charge in [0.2, 0.25) is 10.0 Å². The number of halogens is 1. The predicted molar refractivity (Wildman–Crippen MR) is 81.3 cm³/mol. The molecule has 0 amide bonds. The average molecular weight is 318 g/mol. The largest absolute Gasteiger partial charge is 0.399 e. The molecule has 0 aromatic heterocycles. The van der Waals surface area contributed by atoms with Gasteiger partial charge in [0, 0.05) is 24.8 Å². The summed E-state index contributed by atoms with van der Waals surface area (Å²) >= 11 is 6.03. The Morgan fingerprint density at radius 3 is 2.75 bits per heavy atom. The molecule has 1 saturated heterocycles. The van der Waals surface area contributed by atoms with Crippen molar-refractivity contribution in [3.63, 3.8) is 0 Å². The minimum absolute atomic E-state index is 0.0959. The van der Waals surface area contributed by atoms with Gasteiger partial charge < -0.3 is 10.6 Å². The van der Waals surface area contributed by atoms with Gasteiger partial charge in [-0.05, 0) is 45.1 Å². The molecule has 1 aliphatic rings. The van der Waals surface area contributed by atoms with Crippen LogP contribution in [-0.4, -0.2) is 50.8 Å². The van der Waals surface area contributed by atoms with E-state index in [4.69, 9.17) is 17.3 Å². The first-order chi connectivity index (χ1) is 9.32. The van der Waals surface area contributed by atoms with E-state index in [1.54, 1.807) is 6.07 Å². The number of nitrogens with two attached hydrogens (primary N) is 1. The number of nitrogens with zero attached hydrogens (tertiary/aromatic N) is 2. The molecule has 112 valence electrons. The molecule has 1 unspecified atom stereocenters. The summed E-state index contributed by atoms with van der Waals surface area (Å²) in [5, 5.41) is 0.214. The maximum atomic E-state index is 12.7. The van der Waals surface area contributed by atoms with Gasteiger partial charge in [-0.15, -0.1) is 0 Å². The molecule has 0 radical (unpaired) electrons. The number of hydrogen-bond acceptors (Lipinski definition) is 4. The van der Waals surface area contributed by atoms with Crippen LogP contribution >= 0.6 is 11.6 Å². The summed E-state index contributed by atoms with van der Waals surface area (Å²) in [6.07, 6.45) is 1.85. The first-order valence-corrected chi connectivity index (χ1v) is 8.36. The van der Waals surface area contributed by atoms with Crippen LogP contribution in [0.1, 0.15) is 12.8 Å². The number of hydrogen-bond donors (Lipinski definition) is 1. The highest BCUT2D eigenvalue weighted by atomic mass is 35.5. The topological polar surface area (TPSA) is 66.6 Å². The zero-order valence-electron chi connectivity index (χ0n) is 11.7. The fourth-order valence-electron chi connectivity index (χ4n) is 2.42. The van der Waals surface area contributed by atoms with Crippen molar-refractivity contribution in [2.45, 2.75) is 23.8 Å². The molecule has 1 aromatic rings. The SMILES string of the molecule is CN(C)C1CCCN(S(=O)(=O)c2cc(N)ccc2Cl)C1. The number of benzene rings is 1. The summed E-state index contributed by atoms with van der Waals surface area (Å²) in [5.41, 5.74) is 6.08. The Labute approximate surface area is 125 Å². The van der Waals surface area contributed by atoms with Gasteiger partial charge in [-0.25, -0.2) is 8.42 Å². The minimum Gasteiger partial charge on any atom is -0.399 e. The lowest BCUT2D eigenvalue weighted by Gasteiger charge is -2.35. The van der Waals surface area contributed by atoms with Crippen LogP contribution in [0.15, 0.2) is 23.1 Å². The summed E-state index contributed by atoms with van der Waals surface area (Å²) in [7, 11) is 0.346. The lowest BCUT2D eigenvalue weighted by atomic mass is 10.1. The van der Waals surface area contributed by atoms with Crippen molar-refractivity contribution in [1.29, 1.82) is 0 Å². The Bertz CT molecular complexity index is 589. The average Bonchev–Trinajstić information content (AvgIpc) is 2.41. The monoisotopic (exact) mass is 317 g/mol.